The molecule has 0 bridgehead atoms. The van der Waals surface area contributed by atoms with Crippen molar-refractivity contribution in [3.8, 4) is 0 Å². The number of nitrogens with two attached hydrogens (primary N) is 1. The Hall–Kier alpha value is -1.72. The first-order chi connectivity index (χ1) is 9.54. The third kappa shape index (κ3) is 1.77. The molecular weight excluding hydrogens is 256 g/mol. The number of ether oxygens (including phenoxy) is 1. The lowest BCUT2D eigenvalue weighted by atomic mass is 9.82. The lowest BCUT2D eigenvalue weighted by Crippen LogP contribution is -2.66. The normalized spacial score (nSPS) is 28.6. The van der Waals surface area contributed by atoms with Gasteiger partial charge >= 0.3 is 0 Å². The van der Waals surface area contributed by atoms with Crippen LogP contribution in [0.1, 0.15) is 39.6 Å². The summed E-state index contributed by atoms with van der Waals surface area (Å²) in [5, 5.41) is 0. The summed E-state index contributed by atoms with van der Waals surface area (Å²) in [6.07, 6.45) is 0.545. The molecule has 1 fully saturated rings. The molecule has 1 aromatic carbocycles. The average molecular weight is 274 g/mol. The number of nitrogens with zero attached hydrogens (tertiary/aromatic N) is 1. The second-order valence-electron chi connectivity index (χ2n) is 5.41. The molecule has 3 rings (SSSR count). The Morgan fingerprint density at radius 3 is 2.65 bits per heavy atom. The van der Waals surface area contributed by atoms with Crippen molar-refractivity contribution in [1.29, 1.82) is 0 Å². The molecule has 5 nitrogen and oxygen atoms in total. The number of rotatable bonds is 3. The molecule has 0 aromatic heterocycles. The van der Waals surface area contributed by atoms with E-state index >= 15 is 0 Å². The van der Waals surface area contributed by atoms with Crippen LogP contribution in [0.2, 0.25) is 0 Å². The molecule has 3 atom stereocenters. The first-order valence-corrected chi connectivity index (χ1v) is 6.90. The zero-order chi connectivity index (χ0) is 14.4. The third-order valence-electron chi connectivity index (χ3n) is 4.08. The van der Waals surface area contributed by atoms with Crippen LogP contribution < -0.4 is 5.73 Å². The lowest BCUT2D eigenvalue weighted by molar-refractivity contribution is -0.0611. The molecule has 0 radical (unpaired) electrons. The van der Waals surface area contributed by atoms with Gasteiger partial charge in [0, 0.05) is 12.6 Å². The minimum absolute atomic E-state index is 0.140. The summed E-state index contributed by atoms with van der Waals surface area (Å²) in [6.45, 7) is 4.35. The number of hydrogen-bond acceptors (Lipinski definition) is 4. The number of imide groups is 1. The predicted molar refractivity (Wildman–Crippen MR) is 73.5 cm³/mol. The summed E-state index contributed by atoms with van der Waals surface area (Å²) in [5.74, 6) is -0.506. The summed E-state index contributed by atoms with van der Waals surface area (Å²) < 4.78 is 5.57. The standard InChI is InChI=1S/C15H18N2O3/c1-3-20-12-7-11(16)13(12)17-14(18)9-5-4-8(2)6-10(9)15(17)19/h4-6,11-13H,3,7,16H2,1-2H3. The van der Waals surface area contributed by atoms with Crippen molar-refractivity contribution in [3.05, 3.63) is 34.9 Å². The molecule has 3 unspecified atom stereocenters. The maximum absolute atomic E-state index is 12.5. The van der Waals surface area contributed by atoms with Crippen molar-refractivity contribution in [3.63, 3.8) is 0 Å². The number of carbonyl (C=O) groups is 2. The predicted octanol–water partition coefficient (Wildman–Crippen LogP) is 1.10. The van der Waals surface area contributed by atoms with Gasteiger partial charge in [-0.05, 0) is 32.4 Å². The first kappa shape index (κ1) is 13.3. The molecule has 1 saturated carbocycles. The Balaban J connectivity index is 1.93. The van der Waals surface area contributed by atoms with Gasteiger partial charge in [-0.3, -0.25) is 14.5 Å². The lowest BCUT2D eigenvalue weighted by Gasteiger charge is -2.45. The average Bonchev–Trinajstić information content (AvgIpc) is 2.63. The van der Waals surface area contributed by atoms with E-state index in [1.165, 1.54) is 4.90 Å². The summed E-state index contributed by atoms with van der Waals surface area (Å²) in [6, 6.07) is 4.77. The Morgan fingerprint density at radius 2 is 2.00 bits per heavy atom. The van der Waals surface area contributed by atoms with E-state index in [1.54, 1.807) is 12.1 Å². The number of carbonyl (C=O) groups excluding carboxylic acids is 2. The zero-order valence-corrected chi connectivity index (χ0v) is 11.6. The molecule has 0 saturated heterocycles. The van der Waals surface area contributed by atoms with Crippen molar-refractivity contribution >= 4 is 11.8 Å². The van der Waals surface area contributed by atoms with Crippen LogP contribution in [0.4, 0.5) is 0 Å². The van der Waals surface area contributed by atoms with Gasteiger partial charge in [0.15, 0.2) is 0 Å². The number of hydrogen-bond donors (Lipinski definition) is 1. The minimum Gasteiger partial charge on any atom is -0.376 e. The second kappa shape index (κ2) is 4.68. The molecule has 2 N–H and O–H groups in total. The molecule has 1 aliphatic heterocycles. The molecule has 0 spiro atoms. The molecule has 1 aromatic rings. The van der Waals surface area contributed by atoms with Gasteiger partial charge in [-0.1, -0.05) is 11.6 Å². The summed E-state index contributed by atoms with van der Waals surface area (Å²) in [7, 11) is 0. The molecule has 2 amide bonds. The molecule has 5 heteroatoms. The fourth-order valence-electron chi connectivity index (χ4n) is 3.01. The van der Waals surface area contributed by atoms with Gasteiger partial charge in [0.2, 0.25) is 0 Å². The van der Waals surface area contributed by atoms with Crippen molar-refractivity contribution in [2.45, 2.75) is 38.5 Å². The van der Waals surface area contributed by atoms with E-state index in [2.05, 4.69) is 0 Å². The highest BCUT2D eigenvalue weighted by atomic mass is 16.5. The van der Waals surface area contributed by atoms with E-state index in [1.807, 2.05) is 19.9 Å². The largest absolute Gasteiger partial charge is 0.376 e. The monoisotopic (exact) mass is 274 g/mol. The number of aryl methyl sites for hydroxylation is 1. The molecule has 2 aliphatic rings. The number of benzene rings is 1. The van der Waals surface area contributed by atoms with E-state index in [0.29, 0.717) is 24.2 Å². The molecular formula is C15H18N2O3. The maximum Gasteiger partial charge on any atom is 0.261 e. The van der Waals surface area contributed by atoms with Crippen LogP contribution >= 0.6 is 0 Å². The van der Waals surface area contributed by atoms with E-state index < -0.39 is 0 Å². The third-order valence-corrected chi connectivity index (χ3v) is 4.08. The van der Waals surface area contributed by atoms with E-state index in [4.69, 9.17) is 10.5 Å². The topological polar surface area (TPSA) is 72.6 Å². The summed E-state index contributed by atoms with van der Waals surface area (Å²) >= 11 is 0. The summed E-state index contributed by atoms with van der Waals surface area (Å²) in [4.78, 5) is 26.2. The van der Waals surface area contributed by atoms with Crippen molar-refractivity contribution < 1.29 is 14.3 Å². The minimum atomic E-state index is -0.345. The number of amides is 2. The fourth-order valence-corrected chi connectivity index (χ4v) is 3.01. The van der Waals surface area contributed by atoms with Crippen LogP contribution in [0.5, 0.6) is 0 Å². The van der Waals surface area contributed by atoms with Gasteiger partial charge in [-0.2, -0.15) is 0 Å². The van der Waals surface area contributed by atoms with Crippen LogP contribution in [0.15, 0.2) is 18.2 Å². The highest BCUT2D eigenvalue weighted by Gasteiger charge is 2.51. The van der Waals surface area contributed by atoms with Gasteiger partial charge in [0.1, 0.15) is 0 Å². The first-order valence-electron chi connectivity index (χ1n) is 6.90. The van der Waals surface area contributed by atoms with Crippen molar-refractivity contribution in [2.75, 3.05) is 6.61 Å². The smallest absolute Gasteiger partial charge is 0.261 e. The van der Waals surface area contributed by atoms with Gasteiger partial charge in [-0.25, -0.2) is 0 Å². The van der Waals surface area contributed by atoms with E-state index in [9.17, 15) is 9.59 Å². The van der Waals surface area contributed by atoms with E-state index in [-0.39, 0.29) is 30.0 Å². The van der Waals surface area contributed by atoms with Crippen LogP contribution in [-0.2, 0) is 4.74 Å². The summed E-state index contributed by atoms with van der Waals surface area (Å²) in [5.41, 5.74) is 7.89. The SMILES string of the molecule is CCOC1CC(N)C1N1C(=O)c2ccc(C)cc2C1=O. The number of fused-ring (bicyclic) bond motifs is 1. The molecule has 20 heavy (non-hydrogen) atoms. The second-order valence-corrected chi connectivity index (χ2v) is 5.41. The highest BCUT2D eigenvalue weighted by Crippen LogP contribution is 2.34. The molecule has 1 aliphatic carbocycles. The van der Waals surface area contributed by atoms with E-state index in [0.717, 1.165) is 5.56 Å². The van der Waals surface area contributed by atoms with Gasteiger partial charge < -0.3 is 10.5 Å². The Kier molecular flexibility index (Phi) is 3.11. The van der Waals surface area contributed by atoms with Crippen LogP contribution in [0, 0.1) is 6.92 Å². The zero-order valence-electron chi connectivity index (χ0n) is 11.6. The van der Waals surface area contributed by atoms with Gasteiger partial charge in [0.25, 0.3) is 11.8 Å². The molecule has 106 valence electrons. The highest BCUT2D eigenvalue weighted by molar-refractivity contribution is 6.21. The Morgan fingerprint density at radius 1 is 1.30 bits per heavy atom. The van der Waals surface area contributed by atoms with Crippen molar-refractivity contribution in [2.24, 2.45) is 5.73 Å². The van der Waals surface area contributed by atoms with Crippen LogP contribution in [-0.4, -0.2) is 41.5 Å². The Labute approximate surface area is 117 Å². The van der Waals surface area contributed by atoms with Gasteiger partial charge in [0.05, 0.1) is 23.3 Å². The quantitative estimate of drug-likeness (QED) is 0.838. The Bertz CT molecular complexity index is 582. The van der Waals surface area contributed by atoms with Crippen LogP contribution in [0.25, 0.3) is 0 Å². The van der Waals surface area contributed by atoms with Crippen molar-refractivity contribution in [1.82, 2.24) is 4.90 Å². The maximum atomic E-state index is 12.5. The van der Waals surface area contributed by atoms with Crippen LogP contribution in [0.3, 0.4) is 0 Å². The van der Waals surface area contributed by atoms with Gasteiger partial charge in [-0.15, -0.1) is 0 Å². The molecule has 1 heterocycles. The fraction of sp³-hybridized carbons (Fsp3) is 0.467.